The van der Waals surface area contributed by atoms with Gasteiger partial charge < -0.3 is 14.6 Å². The van der Waals surface area contributed by atoms with Crippen molar-refractivity contribution in [3.63, 3.8) is 0 Å². The fraction of sp³-hybridized carbons (Fsp3) is 0.357. The molecule has 0 spiro atoms. The fourth-order valence-corrected chi connectivity index (χ4v) is 1.72. The molecule has 0 atom stereocenters. The normalized spacial score (nSPS) is 10.7. The second-order valence-electron chi connectivity index (χ2n) is 4.29. The predicted molar refractivity (Wildman–Crippen MR) is 71.3 cm³/mol. The quantitative estimate of drug-likeness (QED) is 0.868. The van der Waals surface area contributed by atoms with Gasteiger partial charge in [-0.25, -0.2) is 9.37 Å². The van der Waals surface area contributed by atoms with E-state index in [1.54, 1.807) is 12.3 Å². The van der Waals surface area contributed by atoms with Crippen LogP contribution in [0, 0.1) is 5.82 Å². The summed E-state index contributed by atoms with van der Waals surface area (Å²) in [6.07, 6.45) is 3.52. The maximum absolute atomic E-state index is 13.8. The molecule has 0 saturated heterocycles. The van der Waals surface area contributed by atoms with Crippen LogP contribution < -0.4 is 10.1 Å². The Bertz CT molecular complexity index is 539. The largest absolute Gasteiger partial charge is 0.483 e. The average molecular weight is 263 g/mol. The summed E-state index contributed by atoms with van der Waals surface area (Å²) in [6, 6.07) is 5.01. The van der Waals surface area contributed by atoms with Crippen molar-refractivity contribution in [2.75, 3.05) is 6.54 Å². The Labute approximate surface area is 112 Å². The van der Waals surface area contributed by atoms with Crippen LogP contribution in [0.4, 0.5) is 4.39 Å². The molecule has 1 N–H and O–H groups in total. The van der Waals surface area contributed by atoms with E-state index in [1.165, 1.54) is 6.07 Å². The van der Waals surface area contributed by atoms with Crippen LogP contribution in [-0.2, 0) is 20.2 Å². The Hall–Kier alpha value is -1.88. The number of ether oxygens (including phenoxy) is 1. The van der Waals surface area contributed by atoms with Gasteiger partial charge in [0.05, 0.1) is 0 Å². The van der Waals surface area contributed by atoms with E-state index in [4.69, 9.17) is 4.74 Å². The van der Waals surface area contributed by atoms with Crippen LogP contribution in [-0.4, -0.2) is 16.1 Å². The van der Waals surface area contributed by atoms with E-state index in [-0.39, 0.29) is 18.2 Å². The molecule has 0 aliphatic carbocycles. The van der Waals surface area contributed by atoms with Crippen molar-refractivity contribution >= 4 is 0 Å². The Balaban J connectivity index is 1.99. The Kier molecular flexibility index (Phi) is 4.52. The van der Waals surface area contributed by atoms with Crippen molar-refractivity contribution in [1.29, 1.82) is 0 Å². The van der Waals surface area contributed by atoms with Crippen molar-refractivity contribution in [1.82, 2.24) is 14.9 Å². The van der Waals surface area contributed by atoms with Gasteiger partial charge in [-0.05, 0) is 24.2 Å². The molecule has 0 aliphatic heterocycles. The highest BCUT2D eigenvalue weighted by Gasteiger charge is 2.06. The van der Waals surface area contributed by atoms with Crippen LogP contribution in [0.1, 0.15) is 18.3 Å². The van der Waals surface area contributed by atoms with Crippen LogP contribution in [0.25, 0.3) is 0 Å². The molecule has 4 nitrogen and oxygen atoms in total. The number of aryl methyl sites for hydroxylation is 1. The zero-order chi connectivity index (χ0) is 13.7. The second-order valence-corrected chi connectivity index (χ2v) is 4.29. The second kappa shape index (κ2) is 6.33. The molecule has 0 fully saturated rings. The number of imidazole rings is 1. The number of hydrogen-bond acceptors (Lipinski definition) is 3. The molecule has 1 heterocycles. The first-order chi connectivity index (χ1) is 9.20. The van der Waals surface area contributed by atoms with Gasteiger partial charge in [0.15, 0.2) is 11.6 Å². The maximum atomic E-state index is 13.8. The minimum atomic E-state index is -0.343. The van der Waals surface area contributed by atoms with Gasteiger partial charge in [-0.1, -0.05) is 13.0 Å². The molecule has 1 aromatic heterocycles. The van der Waals surface area contributed by atoms with E-state index in [2.05, 4.69) is 10.3 Å². The molecule has 1 aromatic carbocycles. The lowest BCUT2D eigenvalue weighted by atomic mass is 10.2. The molecule has 2 rings (SSSR count). The summed E-state index contributed by atoms with van der Waals surface area (Å²) in [5.74, 6) is 0.670. The number of nitrogens with one attached hydrogen (secondary N) is 1. The highest BCUT2D eigenvalue weighted by atomic mass is 19.1. The van der Waals surface area contributed by atoms with Gasteiger partial charge in [0, 0.05) is 26.0 Å². The highest BCUT2D eigenvalue weighted by Crippen LogP contribution is 2.19. The minimum Gasteiger partial charge on any atom is -0.483 e. The van der Waals surface area contributed by atoms with Crippen LogP contribution in [0.5, 0.6) is 5.75 Å². The molecule has 0 amide bonds. The third-order valence-electron chi connectivity index (χ3n) is 2.85. The van der Waals surface area contributed by atoms with Gasteiger partial charge in [-0.15, -0.1) is 0 Å². The number of hydrogen-bond donors (Lipinski definition) is 1. The van der Waals surface area contributed by atoms with E-state index in [0.29, 0.717) is 6.54 Å². The van der Waals surface area contributed by atoms with Crippen molar-refractivity contribution in [3.05, 3.63) is 47.8 Å². The number of benzene rings is 1. The lowest BCUT2D eigenvalue weighted by Gasteiger charge is -2.09. The predicted octanol–water partition coefficient (Wildman–Crippen LogP) is 2.25. The third kappa shape index (κ3) is 3.54. The Morgan fingerprint density at radius 3 is 2.89 bits per heavy atom. The SMILES string of the molecule is CCNCc1ccc(OCc2nccn2C)c(F)c1. The zero-order valence-electron chi connectivity index (χ0n) is 11.2. The first kappa shape index (κ1) is 13.5. The van der Waals surface area contributed by atoms with Crippen LogP contribution >= 0.6 is 0 Å². The number of rotatable bonds is 6. The Morgan fingerprint density at radius 1 is 1.42 bits per heavy atom. The van der Waals surface area contributed by atoms with Gasteiger partial charge in [0.2, 0.25) is 0 Å². The van der Waals surface area contributed by atoms with E-state index < -0.39 is 0 Å². The van der Waals surface area contributed by atoms with Crippen LogP contribution in [0.3, 0.4) is 0 Å². The molecule has 19 heavy (non-hydrogen) atoms. The molecule has 0 bridgehead atoms. The maximum Gasteiger partial charge on any atom is 0.165 e. The van der Waals surface area contributed by atoms with Crippen molar-refractivity contribution in [2.24, 2.45) is 7.05 Å². The molecule has 0 saturated carbocycles. The minimum absolute atomic E-state index is 0.253. The highest BCUT2D eigenvalue weighted by molar-refractivity contribution is 5.29. The van der Waals surface area contributed by atoms with Crippen LogP contribution in [0.15, 0.2) is 30.6 Å². The smallest absolute Gasteiger partial charge is 0.165 e. The first-order valence-electron chi connectivity index (χ1n) is 6.29. The summed E-state index contributed by atoms with van der Waals surface area (Å²) in [7, 11) is 1.88. The molecular weight excluding hydrogens is 245 g/mol. The van der Waals surface area contributed by atoms with Gasteiger partial charge in [0.1, 0.15) is 12.4 Å². The van der Waals surface area contributed by atoms with Gasteiger partial charge in [0.25, 0.3) is 0 Å². The summed E-state index contributed by atoms with van der Waals surface area (Å²) >= 11 is 0. The Morgan fingerprint density at radius 2 is 2.26 bits per heavy atom. The van der Waals surface area contributed by atoms with Gasteiger partial charge >= 0.3 is 0 Å². The van der Waals surface area contributed by atoms with Crippen molar-refractivity contribution in [3.8, 4) is 5.75 Å². The van der Waals surface area contributed by atoms with E-state index in [9.17, 15) is 4.39 Å². The van der Waals surface area contributed by atoms with Crippen molar-refractivity contribution in [2.45, 2.75) is 20.1 Å². The van der Waals surface area contributed by atoms with E-state index in [1.807, 2.05) is 30.8 Å². The van der Waals surface area contributed by atoms with Gasteiger partial charge in [-0.3, -0.25) is 0 Å². The monoisotopic (exact) mass is 263 g/mol. The topological polar surface area (TPSA) is 39.1 Å². The zero-order valence-corrected chi connectivity index (χ0v) is 11.2. The lowest BCUT2D eigenvalue weighted by Crippen LogP contribution is -2.12. The summed E-state index contributed by atoms with van der Waals surface area (Å²) in [4.78, 5) is 4.12. The number of aromatic nitrogens is 2. The summed E-state index contributed by atoms with van der Waals surface area (Å²) in [5.41, 5.74) is 0.906. The molecule has 5 heteroatoms. The molecule has 0 unspecified atom stereocenters. The summed E-state index contributed by atoms with van der Waals surface area (Å²) < 4.78 is 21.1. The summed E-state index contributed by atoms with van der Waals surface area (Å²) in [6.45, 7) is 3.79. The lowest BCUT2D eigenvalue weighted by molar-refractivity contribution is 0.277. The third-order valence-corrected chi connectivity index (χ3v) is 2.85. The van der Waals surface area contributed by atoms with E-state index in [0.717, 1.165) is 17.9 Å². The number of nitrogens with zero attached hydrogens (tertiary/aromatic N) is 2. The van der Waals surface area contributed by atoms with E-state index >= 15 is 0 Å². The fourth-order valence-electron chi connectivity index (χ4n) is 1.72. The molecule has 0 radical (unpaired) electrons. The van der Waals surface area contributed by atoms with Crippen molar-refractivity contribution < 1.29 is 9.13 Å². The molecular formula is C14H18FN3O. The standard InChI is InChI=1S/C14H18FN3O/c1-3-16-9-11-4-5-13(12(15)8-11)19-10-14-17-6-7-18(14)2/h4-8,16H,3,9-10H2,1-2H3. The summed E-state index contributed by atoms with van der Waals surface area (Å²) in [5, 5.41) is 3.15. The van der Waals surface area contributed by atoms with Crippen LogP contribution in [0.2, 0.25) is 0 Å². The van der Waals surface area contributed by atoms with Gasteiger partial charge in [-0.2, -0.15) is 0 Å². The molecule has 0 aliphatic rings. The molecule has 2 aromatic rings. The molecule has 102 valence electrons. The first-order valence-corrected chi connectivity index (χ1v) is 6.29. The number of halogens is 1. The average Bonchev–Trinajstić information content (AvgIpc) is 2.81.